The minimum Gasteiger partial charge on any atom is -0.314 e. The second-order valence-electron chi connectivity index (χ2n) is 4.81. The molecule has 2 fully saturated rings. The van der Waals surface area contributed by atoms with Crippen molar-refractivity contribution in [3.05, 3.63) is 0 Å². The van der Waals surface area contributed by atoms with E-state index in [2.05, 4.69) is 17.1 Å². The predicted molar refractivity (Wildman–Crippen MR) is 75.0 cm³/mol. The fraction of sp³-hybridized carbons (Fsp3) is 1.00. The molecule has 1 aliphatic carbocycles. The Labute approximate surface area is 112 Å². The van der Waals surface area contributed by atoms with Crippen LogP contribution in [0.2, 0.25) is 0 Å². The van der Waals surface area contributed by atoms with E-state index in [4.69, 9.17) is 0 Å². The van der Waals surface area contributed by atoms with E-state index in [1.54, 1.807) is 0 Å². The maximum atomic E-state index is 3.58. The fourth-order valence-electron chi connectivity index (χ4n) is 3.04. The van der Waals surface area contributed by atoms with Gasteiger partial charge in [-0.2, -0.15) is 0 Å². The SMILES string of the molecule is CCNC1CCC(N2CCCC2)CC1.Cl.Cl. The zero-order valence-corrected chi connectivity index (χ0v) is 11.9. The van der Waals surface area contributed by atoms with Gasteiger partial charge in [-0.05, 0) is 58.2 Å². The maximum Gasteiger partial charge on any atom is 0.00964 e. The number of hydrogen-bond acceptors (Lipinski definition) is 2. The largest absolute Gasteiger partial charge is 0.314 e. The zero-order chi connectivity index (χ0) is 9.80. The summed E-state index contributed by atoms with van der Waals surface area (Å²) < 4.78 is 0. The molecule has 1 saturated heterocycles. The van der Waals surface area contributed by atoms with Crippen LogP contribution in [0.15, 0.2) is 0 Å². The highest BCUT2D eigenvalue weighted by molar-refractivity contribution is 5.85. The van der Waals surface area contributed by atoms with Crippen LogP contribution in [0.5, 0.6) is 0 Å². The number of rotatable bonds is 3. The first-order valence-electron chi connectivity index (χ1n) is 6.37. The van der Waals surface area contributed by atoms with Crippen molar-refractivity contribution in [1.82, 2.24) is 10.2 Å². The van der Waals surface area contributed by atoms with E-state index in [9.17, 15) is 0 Å². The molecule has 2 rings (SSSR count). The van der Waals surface area contributed by atoms with E-state index in [0.29, 0.717) is 0 Å². The topological polar surface area (TPSA) is 15.3 Å². The van der Waals surface area contributed by atoms with Gasteiger partial charge in [0.15, 0.2) is 0 Å². The molecular formula is C12H26Cl2N2. The molecule has 0 spiro atoms. The Morgan fingerprint density at radius 2 is 1.56 bits per heavy atom. The molecule has 0 aromatic carbocycles. The fourth-order valence-corrected chi connectivity index (χ4v) is 3.04. The molecule has 0 unspecified atom stereocenters. The van der Waals surface area contributed by atoms with Gasteiger partial charge < -0.3 is 10.2 Å². The summed E-state index contributed by atoms with van der Waals surface area (Å²) >= 11 is 0. The summed E-state index contributed by atoms with van der Waals surface area (Å²) in [6.07, 6.45) is 8.53. The van der Waals surface area contributed by atoms with Gasteiger partial charge in [-0.1, -0.05) is 6.92 Å². The van der Waals surface area contributed by atoms with Crippen LogP contribution in [0.25, 0.3) is 0 Å². The highest BCUT2D eigenvalue weighted by atomic mass is 35.5. The van der Waals surface area contributed by atoms with E-state index in [1.807, 2.05) is 0 Å². The summed E-state index contributed by atoms with van der Waals surface area (Å²) in [5.74, 6) is 0. The highest BCUT2D eigenvalue weighted by Crippen LogP contribution is 2.25. The molecule has 98 valence electrons. The molecule has 1 aliphatic heterocycles. The van der Waals surface area contributed by atoms with Crippen LogP contribution < -0.4 is 5.32 Å². The molecule has 0 aromatic heterocycles. The molecule has 2 aliphatic rings. The van der Waals surface area contributed by atoms with E-state index in [0.717, 1.165) is 18.6 Å². The first-order chi connectivity index (χ1) is 6.90. The van der Waals surface area contributed by atoms with Gasteiger partial charge in [0.25, 0.3) is 0 Å². The monoisotopic (exact) mass is 268 g/mol. The van der Waals surface area contributed by atoms with Gasteiger partial charge in [0.2, 0.25) is 0 Å². The molecule has 0 atom stereocenters. The van der Waals surface area contributed by atoms with Crippen molar-refractivity contribution >= 4 is 24.8 Å². The van der Waals surface area contributed by atoms with Crippen molar-refractivity contribution < 1.29 is 0 Å². The van der Waals surface area contributed by atoms with Crippen molar-refractivity contribution in [2.24, 2.45) is 0 Å². The number of nitrogens with zero attached hydrogens (tertiary/aromatic N) is 1. The summed E-state index contributed by atoms with van der Waals surface area (Å²) in [4.78, 5) is 2.72. The normalized spacial score (nSPS) is 30.6. The van der Waals surface area contributed by atoms with Gasteiger partial charge in [-0.25, -0.2) is 0 Å². The van der Waals surface area contributed by atoms with Crippen LogP contribution >= 0.6 is 24.8 Å². The second-order valence-corrected chi connectivity index (χ2v) is 4.81. The Bertz CT molecular complexity index is 164. The Morgan fingerprint density at radius 3 is 2.06 bits per heavy atom. The molecule has 1 heterocycles. The first kappa shape index (κ1) is 16.5. The molecule has 1 N–H and O–H groups in total. The Hall–Kier alpha value is 0.500. The standard InChI is InChI=1S/C12H24N2.2ClH/c1-2-13-11-5-7-12(8-6-11)14-9-3-4-10-14;;/h11-13H,2-10H2,1H3;2*1H. The Balaban J connectivity index is 0.00000112. The lowest BCUT2D eigenvalue weighted by atomic mass is 9.90. The smallest absolute Gasteiger partial charge is 0.00964 e. The molecular weight excluding hydrogens is 243 g/mol. The van der Waals surface area contributed by atoms with Crippen LogP contribution in [0.3, 0.4) is 0 Å². The van der Waals surface area contributed by atoms with E-state index < -0.39 is 0 Å². The van der Waals surface area contributed by atoms with Gasteiger partial charge in [-0.3, -0.25) is 0 Å². The average molecular weight is 269 g/mol. The first-order valence-corrected chi connectivity index (χ1v) is 6.37. The minimum absolute atomic E-state index is 0. The summed E-state index contributed by atoms with van der Waals surface area (Å²) in [7, 11) is 0. The van der Waals surface area contributed by atoms with Crippen molar-refractivity contribution in [2.45, 2.75) is 57.5 Å². The van der Waals surface area contributed by atoms with Crippen LogP contribution in [0, 0.1) is 0 Å². The van der Waals surface area contributed by atoms with Gasteiger partial charge in [0, 0.05) is 12.1 Å². The number of nitrogens with one attached hydrogen (secondary N) is 1. The van der Waals surface area contributed by atoms with Gasteiger partial charge in [0.1, 0.15) is 0 Å². The third-order valence-electron chi connectivity index (χ3n) is 3.85. The number of halogens is 2. The van der Waals surface area contributed by atoms with Crippen molar-refractivity contribution in [1.29, 1.82) is 0 Å². The predicted octanol–water partition coefficient (Wildman–Crippen LogP) is 2.85. The van der Waals surface area contributed by atoms with Gasteiger partial charge in [-0.15, -0.1) is 24.8 Å². The summed E-state index contributed by atoms with van der Waals surface area (Å²) in [6.45, 7) is 6.10. The van der Waals surface area contributed by atoms with Crippen molar-refractivity contribution in [3.8, 4) is 0 Å². The van der Waals surface area contributed by atoms with Crippen LogP contribution in [0.4, 0.5) is 0 Å². The van der Waals surface area contributed by atoms with E-state index in [1.165, 1.54) is 51.6 Å². The lowest BCUT2D eigenvalue weighted by Gasteiger charge is -2.34. The van der Waals surface area contributed by atoms with Crippen molar-refractivity contribution in [2.75, 3.05) is 19.6 Å². The van der Waals surface area contributed by atoms with Gasteiger partial charge in [0.05, 0.1) is 0 Å². The quantitative estimate of drug-likeness (QED) is 0.847. The molecule has 1 saturated carbocycles. The Morgan fingerprint density at radius 1 is 1.00 bits per heavy atom. The van der Waals surface area contributed by atoms with Crippen molar-refractivity contribution in [3.63, 3.8) is 0 Å². The Kier molecular flexibility index (Phi) is 8.84. The van der Waals surface area contributed by atoms with Crippen LogP contribution in [-0.4, -0.2) is 36.6 Å². The van der Waals surface area contributed by atoms with E-state index >= 15 is 0 Å². The molecule has 2 nitrogen and oxygen atoms in total. The molecule has 0 radical (unpaired) electrons. The number of likely N-dealkylation sites (tertiary alicyclic amines) is 1. The second kappa shape index (κ2) is 8.57. The molecule has 0 amide bonds. The highest BCUT2D eigenvalue weighted by Gasteiger charge is 2.26. The third-order valence-corrected chi connectivity index (χ3v) is 3.85. The summed E-state index contributed by atoms with van der Waals surface area (Å²) in [5, 5.41) is 3.58. The van der Waals surface area contributed by atoms with E-state index in [-0.39, 0.29) is 24.8 Å². The molecule has 16 heavy (non-hydrogen) atoms. The summed E-state index contributed by atoms with van der Waals surface area (Å²) in [6, 6.07) is 1.74. The average Bonchev–Trinajstić information content (AvgIpc) is 2.72. The zero-order valence-electron chi connectivity index (χ0n) is 10.3. The molecule has 0 aromatic rings. The molecule has 0 bridgehead atoms. The minimum atomic E-state index is 0. The molecule has 4 heteroatoms. The summed E-state index contributed by atoms with van der Waals surface area (Å²) in [5.41, 5.74) is 0. The maximum absolute atomic E-state index is 3.58. The van der Waals surface area contributed by atoms with Crippen LogP contribution in [0.1, 0.15) is 45.4 Å². The third kappa shape index (κ3) is 4.40. The van der Waals surface area contributed by atoms with Gasteiger partial charge >= 0.3 is 0 Å². The van der Waals surface area contributed by atoms with Crippen LogP contribution in [-0.2, 0) is 0 Å². The number of hydrogen-bond donors (Lipinski definition) is 1. The lowest BCUT2D eigenvalue weighted by molar-refractivity contribution is 0.174. The lowest BCUT2D eigenvalue weighted by Crippen LogP contribution is -2.41.